The van der Waals surface area contributed by atoms with Crippen LogP contribution in [0.4, 0.5) is 0 Å². The van der Waals surface area contributed by atoms with E-state index in [1.165, 1.54) is 36.8 Å². The van der Waals surface area contributed by atoms with Gasteiger partial charge in [-0.05, 0) is 31.2 Å². The van der Waals surface area contributed by atoms with E-state index in [9.17, 15) is 0 Å². The van der Waals surface area contributed by atoms with E-state index in [4.69, 9.17) is 5.73 Å². The zero-order valence-corrected chi connectivity index (χ0v) is 10.5. The zero-order valence-electron chi connectivity index (χ0n) is 10.5. The van der Waals surface area contributed by atoms with Crippen molar-refractivity contribution in [3.8, 4) is 0 Å². The van der Waals surface area contributed by atoms with Crippen molar-refractivity contribution in [1.29, 1.82) is 0 Å². The second-order valence-corrected chi connectivity index (χ2v) is 5.41. The van der Waals surface area contributed by atoms with Gasteiger partial charge in [-0.1, -0.05) is 49.6 Å². The highest BCUT2D eigenvalue weighted by molar-refractivity contribution is 5.32. The molecule has 0 unspecified atom stereocenters. The van der Waals surface area contributed by atoms with Crippen LogP contribution in [0, 0.1) is 12.8 Å². The normalized spacial score (nSPS) is 28.8. The minimum Gasteiger partial charge on any atom is -0.330 e. The molecule has 0 atom stereocenters. The van der Waals surface area contributed by atoms with E-state index in [-0.39, 0.29) is 0 Å². The summed E-state index contributed by atoms with van der Waals surface area (Å²) in [5, 5.41) is 0. The van der Waals surface area contributed by atoms with Crippen LogP contribution in [-0.2, 0) is 5.41 Å². The molecule has 1 aromatic carbocycles. The van der Waals surface area contributed by atoms with E-state index in [1.54, 1.807) is 0 Å². The summed E-state index contributed by atoms with van der Waals surface area (Å²) in [5.74, 6) is 0.912. The standard InChI is InChI=1S/C15H23N/c1-3-4-13-9-15(10-13,11-16)14-7-5-12(2)6-8-14/h5-8,13H,3-4,9-11,16H2,1-2H3. The molecule has 1 aliphatic carbocycles. The van der Waals surface area contributed by atoms with Crippen LogP contribution in [0.2, 0.25) is 0 Å². The summed E-state index contributed by atoms with van der Waals surface area (Å²) in [6.07, 6.45) is 5.26. The zero-order chi connectivity index (χ0) is 11.6. The molecule has 2 rings (SSSR count). The van der Waals surface area contributed by atoms with Crippen molar-refractivity contribution in [1.82, 2.24) is 0 Å². The van der Waals surface area contributed by atoms with Gasteiger partial charge in [-0.3, -0.25) is 0 Å². The van der Waals surface area contributed by atoms with Crippen LogP contribution in [0.25, 0.3) is 0 Å². The van der Waals surface area contributed by atoms with Crippen molar-refractivity contribution >= 4 is 0 Å². The average Bonchev–Trinajstić information content (AvgIpc) is 2.24. The predicted molar refractivity (Wildman–Crippen MR) is 69.5 cm³/mol. The Labute approximate surface area is 99.0 Å². The van der Waals surface area contributed by atoms with Gasteiger partial charge in [0.05, 0.1) is 0 Å². The smallest absolute Gasteiger partial charge is 0.00808 e. The largest absolute Gasteiger partial charge is 0.330 e. The molecule has 0 spiro atoms. The highest BCUT2D eigenvalue weighted by Gasteiger charge is 2.43. The first kappa shape index (κ1) is 11.7. The Morgan fingerprint density at radius 2 is 1.88 bits per heavy atom. The molecule has 1 nitrogen and oxygen atoms in total. The van der Waals surface area contributed by atoms with Crippen LogP contribution >= 0.6 is 0 Å². The Bertz CT molecular complexity index is 333. The molecule has 0 saturated heterocycles. The highest BCUT2D eigenvalue weighted by Crippen LogP contribution is 2.48. The van der Waals surface area contributed by atoms with Gasteiger partial charge in [0.1, 0.15) is 0 Å². The van der Waals surface area contributed by atoms with Crippen LogP contribution in [-0.4, -0.2) is 6.54 Å². The van der Waals surface area contributed by atoms with Gasteiger partial charge >= 0.3 is 0 Å². The Balaban J connectivity index is 2.09. The van der Waals surface area contributed by atoms with E-state index < -0.39 is 0 Å². The fourth-order valence-corrected chi connectivity index (χ4v) is 3.09. The topological polar surface area (TPSA) is 26.0 Å². The summed E-state index contributed by atoms with van der Waals surface area (Å²) >= 11 is 0. The molecule has 1 saturated carbocycles. The number of rotatable bonds is 4. The molecule has 1 aromatic rings. The monoisotopic (exact) mass is 217 g/mol. The van der Waals surface area contributed by atoms with Gasteiger partial charge in [0.15, 0.2) is 0 Å². The van der Waals surface area contributed by atoms with E-state index in [1.807, 2.05) is 0 Å². The van der Waals surface area contributed by atoms with Crippen LogP contribution in [0.15, 0.2) is 24.3 Å². The minimum absolute atomic E-state index is 0.299. The lowest BCUT2D eigenvalue weighted by Crippen LogP contribution is -2.47. The van der Waals surface area contributed by atoms with Crippen molar-refractivity contribution < 1.29 is 0 Å². The predicted octanol–water partition coefficient (Wildman–Crippen LogP) is 3.40. The summed E-state index contributed by atoms with van der Waals surface area (Å²) in [5.41, 5.74) is 9.08. The first-order valence-electron chi connectivity index (χ1n) is 6.47. The van der Waals surface area contributed by atoms with Crippen molar-refractivity contribution in [2.24, 2.45) is 11.7 Å². The number of hydrogen-bond donors (Lipinski definition) is 1. The molecule has 1 aliphatic rings. The fraction of sp³-hybridized carbons (Fsp3) is 0.600. The molecule has 88 valence electrons. The third kappa shape index (κ3) is 2.01. The molecular weight excluding hydrogens is 194 g/mol. The Morgan fingerprint density at radius 1 is 1.25 bits per heavy atom. The van der Waals surface area contributed by atoms with Crippen LogP contribution in [0.5, 0.6) is 0 Å². The SMILES string of the molecule is CCCC1CC(CN)(c2ccc(C)cc2)C1. The lowest BCUT2D eigenvalue weighted by Gasteiger charge is -2.48. The van der Waals surface area contributed by atoms with Gasteiger partial charge < -0.3 is 5.73 Å². The number of aryl methyl sites for hydroxylation is 1. The first-order valence-corrected chi connectivity index (χ1v) is 6.47. The lowest BCUT2D eigenvalue weighted by atomic mass is 9.57. The summed E-state index contributed by atoms with van der Waals surface area (Å²) in [7, 11) is 0. The van der Waals surface area contributed by atoms with Gasteiger partial charge in [-0.15, -0.1) is 0 Å². The molecular formula is C15H23N. The molecule has 2 N–H and O–H groups in total. The van der Waals surface area contributed by atoms with E-state index in [2.05, 4.69) is 38.1 Å². The molecule has 1 heteroatoms. The first-order chi connectivity index (χ1) is 7.70. The quantitative estimate of drug-likeness (QED) is 0.822. The van der Waals surface area contributed by atoms with Gasteiger partial charge in [-0.2, -0.15) is 0 Å². The Hall–Kier alpha value is -0.820. The molecule has 0 aromatic heterocycles. The fourth-order valence-electron chi connectivity index (χ4n) is 3.09. The van der Waals surface area contributed by atoms with E-state index >= 15 is 0 Å². The average molecular weight is 217 g/mol. The maximum atomic E-state index is 6.00. The summed E-state index contributed by atoms with van der Waals surface area (Å²) in [6.45, 7) is 5.21. The van der Waals surface area contributed by atoms with Gasteiger partial charge in [0.25, 0.3) is 0 Å². The van der Waals surface area contributed by atoms with Crippen molar-refractivity contribution in [3.05, 3.63) is 35.4 Å². The second-order valence-electron chi connectivity index (χ2n) is 5.41. The van der Waals surface area contributed by atoms with Gasteiger partial charge in [0, 0.05) is 12.0 Å². The number of benzene rings is 1. The molecule has 0 aliphatic heterocycles. The molecule has 0 heterocycles. The van der Waals surface area contributed by atoms with Crippen molar-refractivity contribution in [2.75, 3.05) is 6.54 Å². The van der Waals surface area contributed by atoms with Gasteiger partial charge in [-0.25, -0.2) is 0 Å². The van der Waals surface area contributed by atoms with E-state index in [0.29, 0.717) is 5.41 Å². The highest BCUT2D eigenvalue weighted by atomic mass is 14.6. The van der Waals surface area contributed by atoms with Crippen molar-refractivity contribution in [2.45, 2.75) is 44.9 Å². The number of nitrogens with two attached hydrogens (primary N) is 1. The summed E-state index contributed by atoms with van der Waals surface area (Å²) in [6, 6.07) is 8.95. The maximum absolute atomic E-state index is 6.00. The van der Waals surface area contributed by atoms with Crippen LogP contribution in [0.3, 0.4) is 0 Å². The molecule has 0 radical (unpaired) electrons. The van der Waals surface area contributed by atoms with Crippen LogP contribution in [0.1, 0.15) is 43.7 Å². The Morgan fingerprint density at radius 3 is 2.38 bits per heavy atom. The summed E-state index contributed by atoms with van der Waals surface area (Å²) < 4.78 is 0. The van der Waals surface area contributed by atoms with Gasteiger partial charge in [0.2, 0.25) is 0 Å². The lowest BCUT2D eigenvalue weighted by molar-refractivity contribution is 0.139. The molecule has 1 fully saturated rings. The second kappa shape index (κ2) is 4.58. The molecule has 0 amide bonds. The Kier molecular flexibility index (Phi) is 3.34. The third-order valence-corrected chi connectivity index (χ3v) is 4.11. The minimum atomic E-state index is 0.299. The van der Waals surface area contributed by atoms with E-state index in [0.717, 1.165) is 12.5 Å². The van der Waals surface area contributed by atoms with Crippen molar-refractivity contribution in [3.63, 3.8) is 0 Å². The third-order valence-electron chi connectivity index (χ3n) is 4.11. The number of hydrogen-bond acceptors (Lipinski definition) is 1. The molecule has 0 bridgehead atoms. The molecule has 16 heavy (non-hydrogen) atoms. The van der Waals surface area contributed by atoms with Crippen LogP contribution < -0.4 is 5.73 Å². The maximum Gasteiger partial charge on any atom is 0.00808 e. The summed E-state index contributed by atoms with van der Waals surface area (Å²) in [4.78, 5) is 0.